The number of fused-ring (bicyclic) bond motifs is 1. The number of hydrogen-bond acceptors (Lipinski definition) is 6. The van der Waals surface area contributed by atoms with Crippen LogP contribution in [-0.4, -0.2) is 45.8 Å². The normalized spacial score (nSPS) is 23.1. The van der Waals surface area contributed by atoms with E-state index >= 15 is 0 Å². The monoisotopic (exact) mass is 441 g/mol. The average molecular weight is 442 g/mol. The molecule has 9 heteroatoms. The van der Waals surface area contributed by atoms with E-state index in [0.717, 1.165) is 5.39 Å². The quantitative estimate of drug-likeness (QED) is 0.394. The van der Waals surface area contributed by atoms with E-state index in [1.165, 1.54) is 13.2 Å². The molecule has 3 unspecified atom stereocenters. The maximum atomic E-state index is 13.2. The number of ketones is 1. The Morgan fingerprint density at radius 3 is 2.87 bits per heavy atom. The minimum atomic E-state index is -1.71. The molecule has 0 amide bonds. The number of nitrogens with zero attached hydrogens (tertiary/aromatic N) is 1. The number of H-pyrrole nitrogens is 1. The van der Waals surface area contributed by atoms with E-state index in [4.69, 9.17) is 21.1 Å². The number of carbonyl (C=O) groups is 2. The largest absolute Gasteiger partial charge is 0.481 e. The molecule has 0 bridgehead atoms. The van der Waals surface area contributed by atoms with E-state index in [2.05, 4.69) is 15.3 Å². The summed E-state index contributed by atoms with van der Waals surface area (Å²) < 4.78 is 11.5. The number of nitrogens with one attached hydrogen (secondary N) is 2. The molecule has 2 aromatic heterocycles. The molecule has 3 N–H and O–H groups in total. The van der Waals surface area contributed by atoms with Crippen LogP contribution in [0.2, 0.25) is 5.02 Å². The van der Waals surface area contributed by atoms with E-state index < -0.39 is 29.5 Å². The summed E-state index contributed by atoms with van der Waals surface area (Å²) in [4.78, 5) is 32.6. The number of hydrogen-bond donors (Lipinski definition) is 3. The number of Topliss-reactive ketones (excluding diaryl/α,β-unsaturated/α-hetero) is 1. The summed E-state index contributed by atoms with van der Waals surface area (Å²) in [5.41, 5.74) is -0.00192. The number of para-hydroxylation sites is 1. The summed E-state index contributed by atoms with van der Waals surface area (Å²) in [5, 5.41) is 14.1. The van der Waals surface area contributed by atoms with Crippen molar-refractivity contribution < 1.29 is 24.2 Å². The standard InChI is InChI=1S/C22H20ClN3O5/c1-12(30-2)22(26-16-8-4-3-7-15(16)23)18(21(28)29)19(27)17(31-22)10-13-11-25-20-14(13)6-5-9-24-20/h3-12,18,26H,1-2H3,(H,24,25)(H,28,29)/b17-10-. The molecule has 0 spiro atoms. The van der Waals surface area contributed by atoms with Gasteiger partial charge in [0.2, 0.25) is 11.5 Å². The second kappa shape index (κ2) is 8.05. The van der Waals surface area contributed by atoms with Crippen molar-refractivity contribution >= 4 is 46.2 Å². The zero-order valence-electron chi connectivity index (χ0n) is 16.8. The Kier molecular flexibility index (Phi) is 5.43. The number of rotatable bonds is 6. The summed E-state index contributed by atoms with van der Waals surface area (Å²) in [6.45, 7) is 1.63. The highest BCUT2D eigenvalue weighted by Crippen LogP contribution is 2.42. The molecule has 1 fully saturated rings. The van der Waals surface area contributed by atoms with Crippen molar-refractivity contribution in [2.45, 2.75) is 18.8 Å². The molecular weight excluding hydrogens is 422 g/mol. The summed E-state index contributed by atoms with van der Waals surface area (Å²) in [6.07, 6.45) is 4.02. The van der Waals surface area contributed by atoms with Crippen LogP contribution < -0.4 is 5.32 Å². The topological polar surface area (TPSA) is 114 Å². The van der Waals surface area contributed by atoms with Crippen LogP contribution in [0.4, 0.5) is 5.69 Å². The predicted molar refractivity (Wildman–Crippen MR) is 116 cm³/mol. The number of aromatic amines is 1. The molecule has 1 saturated heterocycles. The second-order valence-corrected chi connectivity index (χ2v) is 7.57. The number of pyridine rings is 1. The number of anilines is 1. The van der Waals surface area contributed by atoms with Gasteiger partial charge in [0.15, 0.2) is 11.7 Å². The van der Waals surface area contributed by atoms with Gasteiger partial charge in [-0.25, -0.2) is 4.98 Å². The first kappa shape index (κ1) is 20.9. The highest BCUT2D eigenvalue weighted by Gasteiger charge is 2.61. The molecule has 8 nitrogen and oxygen atoms in total. The molecule has 31 heavy (non-hydrogen) atoms. The summed E-state index contributed by atoms with van der Waals surface area (Å²) >= 11 is 6.28. The van der Waals surface area contributed by atoms with Gasteiger partial charge in [-0.2, -0.15) is 0 Å². The molecule has 4 rings (SSSR count). The van der Waals surface area contributed by atoms with Crippen molar-refractivity contribution in [1.29, 1.82) is 0 Å². The van der Waals surface area contributed by atoms with Crippen molar-refractivity contribution in [2.75, 3.05) is 12.4 Å². The van der Waals surface area contributed by atoms with Gasteiger partial charge in [0, 0.05) is 30.5 Å². The molecule has 1 aliphatic rings. The van der Waals surface area contributed by atoms with Gasteiger partial charge in [-0.1, -0.05) is 23.7 Å². The minimum absolute atomic E-state index is 0.0967. The zero-order valence-corrected chi connectivity index (χ0v) is 17.5. The van der Waals surface area contributed by atoms with E-state index in [1.807, 2.05) is 6.07 Å². The first-order valence-electron chi connectivity index (χ1n) is 9.52. The van der Waals surface area contributed by atoms with Crippen LogP contribution in [0, 0.1) is 5.92 Å². The SMILES string of the molecule is COC(C)C1(Nc2ccccc2Cl)O/C(=C\c2c[nH]c3ncccc23)C(=O)C1C(=O)O. The smallest absolute Gasteiger partial charge is 0.320 e. The Balaban J connectivity index is 1.83. The lowest BCUT2D eigenvalue weighted by molar-refractivity contribution is -0.155. The Morgan fingerprint density at radius 2 is 2.16 bits per heavy atom. The van der Waals surface area contributed by atoms with Crippen LogP contribution in [0.1, 0.15) is 12.5 Å². The Labute approximate surface area is 182 Å². The van der Waals surface area contributed by atoms with E-state index in [9.17, 15) is 14.7 Å². The predicted octanol–water partition coefficient (Wildman–Crippen LogP) is 3.70. The van der Waals surface area contributed by atoms with Gasteiger partial charge in [-0.05, 0) is 37.3 Å². The number of carboxylic acid groups (broad SMARTS) is 1. The maximum Gasteiger partial charge on any atom is 0.320 e. The Morgan fingerprint density at radius 1 is 1.39 bits per heavy atom. The number of aromatic nitrogens is 2. The molecule has 0 radical (unpaired) electrons. The molecular formula is C22H20ClN3O5. The number of halogens is 1. The van der Waals surface area contributed by atoms with Crippen LogP contribution in [0.5, 0.6) is 0 Å². The number of allylic oxidation sites excluding steroid dienone is 1. The number of carbonyl (C=O) groups excluding carboxylic acids is 1. The number of aliphatic carboxylic acids is 1. The van der Waals surface area contributed by atoms with Gasteiger partial charge in [0.05, 0.1) is 10.7 Å². The van der Waals surface area contributed by atoms with Crippen LogP contribution in [-0.2, 0) is 19.1 Å². The lowest BCUT2D eigenvalue weighted by atomic mass is 9.89. The van der Waals surface area contributed by atoms with Crippen LogP contribution in [0.3, 0.4) is 0 Å². The maximum absolute atomic E-state index is 13.2. The molecule has 3 heterocycles. The fourth-order valence-electron chi connectivity index (χ4n) is 3.73. The lowest BCUT2D eigenvalue weighted by Gasteiger charge is -2.37. The van der Waals surface area contributed by atoms with Gasteiger partial charge < -0.3 is 24.9 Å². The number of ether oxygens (including phenoxy) is 2. The van der Waals surface area contributed by atoms with Gasteiger partial charge >= 0.3 is 5.97 Å². The second-order valence-electron chi connectivity index (χ2n) is 7.17. The van der Waals surface area contributed by atoms with Crippen molar-refractivity contribution in [3.05, 3.63) is 65.1 Å². The summed E-state index contributed by atoms with van der Waals surface area (Å²) in [6, 6.07) is 10.4. The third kappa shape index (κ3) is 3.54. The fourth-order valence-corrected chi connectivity index (χ4v) is 3.91. The molecule has 1 aliphatic heterocycles. The van der Waals surface area contributed by atoms with Gasteiger partial charge in [-0.3, -0.25) is 9.59 Å². The molecule has 160 valence electrons. The van der Waals surface area contributed by atoms with Crippen LogP contribution in [0.25, 0.3) is 17.1 Å². The number of carboxylic acids is 1. The van der Waals surface area contributed by atoms with E-state index in [0.29, 0.717) is 21.9 Å². The van der Waals surface area contributed by atoms with Crippen molar-refractivity contribution in [3.8, 4) is 0 Å². The van der Waals surface area contributed by atoms with E-state index in [1.54, 1.807) is 49.6 Å². The van der Waals surface area contributed by atoms with Crippen molar-refractivity contribution in [2.24, 2.45) is 5.92 Å². The van der Waals surface area contributed by atoms with E-state index in [-0.39, 0.29) is 5.76 Å². The zero-order chi connectivity index (χ0) is 22.2. The molecule has 3 aromatic rings. The minimum Gasteiger partial charge on any atom is -0.481 e. The third-order valence-electron chi connectivity index (χ3n) is 5.39. The van der Waals surface area contributed by atoms with Gasteiger partial charge in [-0.15, -0.1) is 0 Å². The van der Waals surface area contributed by atoms with Crippen LogP contribution >= 0.6 is 11.6 Å². The first-order valence-corrected chi connectivity index (χ1v) is 9.90. The fraction of sp³-hybridized carbons (Fsp3) is 0.227. The summed E-state index contributed by atoms with van der Waals surface area (Å²) in [7, 11) is 1.42. The highest BCUT2D eigenvalue weighted by atomic mass is 35.5. The highest BCUT2D eigenvalue weighted by molar-refractivity contribution is 6.33. The average Bonchev–Trinajstić information content (AvgIpc) is 3.29. The van der Waals surface area contributed by atoms with Crippen LogP contribution in [0.15, 0.2) is 54.6 Å². The van der Waals surface area contributed by atoms with Crippen molar-refractivity contribution in [3.63, 3.8) is 0 Å². The lowest BCUT2D eigenvalue weighted by Crippen LogP contribution is -2.56. The Hall–Kier alpha value is -3.36. The third-order valence-corrected chi connectivity index (χ3v) is 5.72. The summed E-state index contributed by atoms with van der Waals surface area (Å²) in [5.74, 6) is -3.67. The first-order chi connectivity index (χ1) is 14.9. The molecule has 1 aromatic carbocycles. The molecule has 0 saturated carbocycles. The Bertz CT molecular complexity index is 1190. The van der Waals surface area contributed by atoms with Gasteiger partial charge in [0.25, 0.3) is 0 Å². The molecule has 0 aliphatic carbocycles. The molecule has 3 atom stereocenters. The number of benzene rings is 1. The van der Waals surface area contributed by atoms with Crippen molar-refractivity contribution in [1.82, 2.24) is 9.97 Å². The number of methoxy groups -OCH3 is 1. The van der Waals surface area contributed by atoms with Gasteiger partial charge in [0.1, 0.15) is 11.8 Å².